The van der Waals surface area contributed by atoms with Gasteiger partial charge < -0.3 is 14.8 Å². The molecule has 4 rings (SSSR count). The Labute approximate surface area is 144 Å². The van der Waals surface area contributed by atoms with Crippen molar-refractivity contribution in [2.24, 2.45) is 5.92 Å². The Morgan fingerprint density at radius 1 is 1.32 bits per heavy atom. The number of benzene rings is 1. The van der Waals surface area contributed by atoms with E-state index >= 15 is 0 Å². The van der Waals surface area contributed by atoms with Gasteiger partial charge in [-0.2, -0.15) is 0 Å². The minimum absolute atomic E-state index is 0.175. The molecule has 1 saturated carbocycles. The highest BCUT2D eigenvalue weighted by molar-refractivity contribution is 5.93. The van der Waals surface area contributed by atoms with Gasteiger partial charge in [-0.1, -0.05) is 18.2 Å². The van der Waals surface area contributed by atoms with Crippen LogP contribution in [0.5, 0.6) is 0 Å². The molecule has 1 aliphatic carbocycles. The number of para-hydroxylation sites is 1. The predicted molar refractivity (Wildman–Crippen MR) is 91.9 cm³/mol. The van der Waals surface area contributed by atoms with Crippen molar-refractivity contribution in [2.75, 3.05) is 0 Å². The Balaban J connectivity index is 1.65. The number of rotatable bonds is 4. The van der Waals surface area contributed by atoms with E-state index in [1.807, 2.05) is 30.3 Å². The third-order valence-corrected chi connectivity index (χ3v) is 4.84. The molecule has 128 valence electrons. The molecule has 0 bridgehead atoms. The molecule has 0 radical (unpaired) electrons. The molecule has 25 heavy (non-hydrogen) atoms. The fourth-order valence-electron chi connectivity index (χ4n) is 3.37. The molecule has 6 nitrogen and oxygen atoms in total. The van der Waals surface area contributed by atoms with Crippen molar-refractivity contribution in [3.05, 3.63) is 59.9 Å². The molecule has 2 heterocycles. The molecule has 3 aromatic rings. The predicted octanol–water partition coefficient (Wildman–Crippen LogP) is 2.77. The second-order valence-corrected chi connectivity index (χ2v) is 6.55. The molecule has 0 spiro atoms. The summed E-state index contributed by atoms with van der Waals surface area (Å²) >= 11 is 0. The standard InChI is InChI=1S/C19H19N3O3/c1-11-17(21-10-25-11)19(24)22-18(13-7-15(23)8-13)14-6-12-4-2-3-5-16(12)20-9-14/h2-6,9-10,13,15,18,23H,7-8H2,1H3,(H,22,24). The van der Waals surface area contributed by atoms with E-state index in [9.17, 15) is 9.90 Å². The second-order valence-electron chi connectivity index (χ2n) is 6.55. The van der Waals surface area contributed by atoms with Gasteiger partial charge in [0.15, 0.2) is 12.1 Å². The number of aliphatic hydroxyl groups excluding tert-OH is 1. The van der Waals surface area contributed by atoms with Gasteiger partial charge in [0.05, 0.1) is 17.7 Å². The summed E-state index contributed by atoms with van der Waals surface area (Å²) in [4.78, 5) is 21.1. The number of pyridine rings is 1. The first-order chi connectivity index (χ1) is 12.1. The van der Waals surface area contributed by atoms with E-state index in [-0.39, 0.29) is 24.0 Å². The number of carbonyl (C=O) groups is 1. The normalized spacial score (nSPS) is 20.9. The van der Waals surface area contributed by atoms with Gasteiger partial charge in [0.1, 0.15) is 5.76 Å². The van der Waals surface area contributed by atoms with Crippen molar-refractivity contribution in [1.82, 2.24) is 15.3 Å². The molecule has 0 aliphatic heterocycles. The Morgan fingerprint density at radius 3 is 2.84 bits per heavy atom. The number of aromatic nitrogens is 2. The van der Waals surface area contributed by atoms with E-state index in [0.29, 0.717) is 24.3 Å². The number of hydrogen-bond acceptors (Lipinski definition) is 5. The monoisotopic (exact) mass is 337 g/mol. The molecule has 1 unspecified atom stereocenters. The molecule has 2 N–H and O–H groups in total. The Bertz CT molecular complexity index is 915. The molecular weight excluding hydrogens is 318 g/mol. The van der Waals surface area contributed by atoms with E-state index in [1.165, 1.54) is 6.39 Å². The number of aliphatic hydroxyl groups is 1. The highest BCUT2D eigenvalue weighted by Gasteiger charge is 2.36. The lowest BCUT2D eigenvalue weighted by Crippen LogP contribution is -2.41. The topological polar surface area (TPSA) is 88.3 Å². The van der Waals surface area contributed by atoms with Gasteiger partial charge in [0.2, 0.25) is 0 Å². The van der Waals surface area contributed by atoms with Crippen LogP contribution in [0.3, 0.4) is 0 Å². The fraction of sp³-hybridized carbons (Fsp3) is 0.316. The number of fused-ring (bicyclic) bond motifs is 1. The largest absolute Gasteiger partial charge is 0.448 e. The van der Waals surface area contributed by atoms with Gasteiger partial charge in [-0.15, -0.1) is 0 Å². The zero-order chi connectivity index (χ0) is 17.4. The molecule has 1 aromatic carbocycles. The first kappa shape index (κ1) is 15.8. The summed E-state index contributed by atoms with van der Waals surface area (Å²) in [5, 5.41) is 13.8. The zero-order valence-corrected chi connectivity index (χ0v) is 13.8. The maximum atomic E-state index is 12.6. The summed E-state index contributed by atoms with van der Waals surface area (Å²) in [6.45, 7) is 1.71. The minimum Gasteiger partial charge on any atom is -0.448 e. The quantitative estimate of drug-likeness (QED) is 0.764. The summed E-state index contributed by atoms with van der Waals surface area (Å²) in [5.41, 5.74) is 2.14. The molecule has 1 aliphatic rings. The van der Waals surface area contributed by atoms with Crippen LogP contribution in [-0.2, 0) is 0 Å². The molecule has 6 heteroatoms. The van der Waals surface area contributed by atoms with Gasteiger partial charge >= 0.3 is 0 Å². The van der Waals surface area contributed by atoms with Crippen LogP contribution in [0.1, 0.15) is 40.7 Å². The van der Waals surface area contributed by atoms with E-state index in [4.69, 9.17) is 4.42 Å². The number of carbonyl (C=O) groups excluding carboxylic acids is 1. The van der Waals surface area contributed by atoms with Gasteiger partial charge in [-0.25, -0.2) is 4.98 Å². The molecule has 1 fully saturated rings. The van der Waals surface area contributed by atoms with E-state index in [2.05, 4.69) is 15.3 Å². The van der Waals surface area contributed by atoms with Crippen LogP contribution in [0.15, 0.2) is 47.3 Å². The number of oxazole rings is 1. The maximum absolute atomic E-state index is 12.6. The Hall–Kier alpha value is -2.73. The number of hydrogen-bond donors (Lipinski definition) is 2. The number of nitrogens with one attached hydrogen (secondary N) is 1. The van der Waals surface area contributed by atoms with Crippen molar-refractivity contribution >= 4 is 16.8 Å². The van der Waals surface area contributed by atoms with Gasteiger partial charge in [0.25, 0.3) is 5.91 Å². The van der Waals surface area contributed by atoms with Crippen LogP contribution in [0.25, 0.3) is 10.9 Å². The fourth-order valence-corrected chi connectivity index (χ4v) is 3.37. The van der Waals surface area contributed by atoms with Crippen molar-refractivity contribution in [3.8, 4) is 0 Å². The first-order valence-corrected chi connectivity index (χ1v) is 8.35. The van der Waals surface area contributed by atoms with Crippen molar-refractivity contribution in [1.29, 1.82) is 0 Å². The van der Waals surface area contributed by atoms with E-state index in [0.717, 1.165) is 16.5 Å². The SMILES string of the molecule is Cc1ocnc1C(=O)NC(c1cnc2ccccc2c1)C1CC(O)C1. The number of amides is 1. The number of aryl methyl sites for hydroxylation is 1. The molecule has 1 amide bonds. The summed E-state index contributed by atoms with van der Waals surface area (Å²) in [5.74, 6) is 0.390. The van der Waals surface area contributed by atoms with Crippen molar-refractivity contribution < 1.29 is 14.3 Å². The lowest BCUT2D eigenvalue weighted by Gasteiger charge is -2.38. The van der Waals surface area contributed by atoms with Crippen molar-refractivity contribution in [3.63, 3.8) is 0 Å². The van der Waals surface area contributed by atoms with E-state index < -0.39 is 0 Å². The summed E-state index contributed by atoms with van der Waals surface area (Å²) in [7, 11) is 0. The van der Waals surface area contributed by atoms with E-state index in [1.54, 1.807) is 13.1 Å². The second kappa shape index (κ2) is 6.29. The lowest BCUT2D eigenvalue weighted by molar-refractivity contribution is 0.0234. The third kappa shape index (κ3) is 3.00. The molecular formula is C19H19N3O3. The Kier molecular flexibility index (Phi) is 3.97. The van der Waals surface area contributed by atoms with Crippen LogP contribution in [0.4, 0.5) is 0 Å². The summed E-state index contributed by atoms with van der Waals surface area (Å²) in [6, 6.07) is 9.70. The van der Waals surface area contributed by atoms with Gasteiger partial charge in [0, 0.05) is 11.6 Å². The highest BCUT2D eigenvalue weighted by atomic mass is 16.3. The zero-order valence-electron chi connectivity index (χ0n) is 13.8. The van der Waals surface area contributed by atoms with Crippen LogP contribution >= 0.6 is 0 Å². The minimum atomic E-state index is -0.299. The number of nitrogens with zero attached hydrogens (tertiary/aromatic N) is 2. The molecule has 0 saturated heterocycles. The van der Waals surface area contributed by atoms with Crippen LogP contribution in [-0.4, -0.2) is 27.1 Å². The lowest BCUT2D eigenvalue weighted by atomic mass is 9.75. The Morgan fingerprint density at radius 2 is 2.12 bits per heavy atom. The summed E-state index contributed by atoms with van der Waals surface area (Å²) < 4.78 is 5.12. The first-order valence-electron chi connectivity index (χ1n) is 8.35. The molecule has 1 atom stereocenters. The van der Waals surface area contributed by atoms with Crippen LogP contribution in [0.2, 0.25) is 0 Å². The summed E-state index contributed by atoms with van der Waals surface area (Å²) in [6.07, 6.45) is 4.09. The third-order valence-electron chi connectivity index (χ3n) is 4.84. The smallest absolute Gasteiger partial charge is 0.274 e. The van der Waals surface area contributed by atoms with Crippen LogP contribution in [0, 0.1) is 12.8 Å². The maximum Gasteiger partial charge on any atom is 0.274 e. The van der Waals surface area contributed by atoms with Gasteiger partial charge in [-0.3, -0.25) is 9.78 Å². The highest BCUT2D eigenvalue weighted by Crippen LogP contribution is 2.38. The van der Waals surface area contributed by atoms with Gasteiger partial charge in [-0.05, 0) is 43.4 Å². The average Bonchev–Trinajstić information content (AvgIpc) is 3.03. The van der Waals surface area contributed by atoms with Crippen molar-refractivity contribution in [2.45, 2.75) is 31.9 Å². The average molecular weight is 337 g/mol. The molecule has 2 aromatic heterocycles. The van der Waals surface area contributed by atoms with Crippen LogP contribution < -0.4 is 5.32 Å².